The number of ether oxygens (including phenoxy) is 1. The van der Waals surface area contributed by atoms with E-state index in [0.29, 0.717) is 23.2 Å². The van der Waals surface area contributed by atoms with Crippen LogP contribution in [0.15, 0.2) is 24.3 Å². The molecule has 0 aliphatic rings. The Morgan fingerprint density at radius 3 is 2.50 bits per heavy atom. The highest BCUT2D eigenvalue weighted by atomic mass is 32.1. The van der Waals surface area contributed by atoms with E-state index in [-0.39, 0.29) is 5.97 Å². The smallest absolute Gasteiger partial charge is 0.338 e. The van der Waals surface area contributed by atoms with Gasteiger partial charge in [-0.05, 0) is 48.8 Å². The third-order valence-electron chi connectivity index (χ3n) is 2.49. The molecule has 0 unspecified atom stereocenters. The summed E-state index contributed by atoms with van der Waals surface area (Å²) >= 11 is 5.18. The Balaban J connectivity index is 2.50. The number of nitrogens with one attached hydrogen (secondary N) is 2. The molecule has 0 heterocycles. The van der Waals surface area contributed by atoms with Gasteiger partial charge in [0, 0.05) is 12.2 Å². The number of thiocarbonyl (C=S) groups is 1. The first-order chi connectivity index (χ1) is 9.52. The SMILES string of the molecule is CCCOC(=O)c1ccc(NC(=S)NCC(C)C)cc1. The third kappa shape index (κ3) is 6.02. The molecule has 20 heavy (non-hydrogen) atoms. The normalized spacial score (nSPS) is 10.2. The summed E-state index contributed by atoms with van der Waals surface area (Å²) in [5, 5.41) is 6.78. The number of carbonyl (C=O) groups excluding carboxylic acids is 1. The van der Waals surface area contributed by atoms with Crippen molar-refractivity contribution in [3.05, 3.63) is 29.8 Å². The van der Waals surface area contributed by atoms with Gasteiger partial charge in [-0.3, -0.25) is 0 Å². The standard InChI is InChI=1S/C15H22N2O2S/c1-4-9-19-14(18)12-5-7-13(8-6-12)17-15(20)16-10-11(2)3/h5-8,11H,4,9-10H2,1-3H3,(H2,16,17,20). The number of carbonyl (C=O) groups is 1. The lowest BCUT2D eigenvalue weighted by molar-refractivity contribution is 0.0505. The average molecular weight is 294 g/mol. The summed E-state index contributed by atoms with van der Waals surface area (Å²) in [6.45, 7) is 7.47. The molecule has 0 radical (unpaired) electrons. The summed E-state index contributed by atoms with van der Waals surface area (Å²) < 4.78 is 5.07. The van der Waals surface area contributed by atoms with Crippen LogP contribution in [0.4, 0.5) is 5.69 Å². The molecule has 0 saturated carbocycles. The van der Waals surface area contributed by atoms with Gasteiger partial charge in [0.15, 0.2) is 5.11 Å². The summed E-state index contributed by atoms with van der Waals surface area (Å²) in [5.74, 6) is 0.240. The van der Waals surface area contributed by atoms with Crippen LogP contribution in [0.1, 0.15) is 37.6 Å². The summed E-state index contributed by atoms with van der Waals surface area (Å²) in [5.41, 5.74) is 1.39. The summed E-state index contributed by atoms with van der Waals surface area (Å²) in [6, 6.07) is 7.08. The van der Waals surface area contributed by atoms with E-state index < -0.39 is 0 Å². The molecule has 0 aliphatic heterocycles. The van der Waals surface area contributed by atoms with Crippen LogP contribution in [-0.2, 0) is 4.74 Å². The van der Waals surface area contributed by atoms with Crippen molar-refractivity contribution in [2.24, 2.45) is 5.92 Å². The molecule has 0 amide bonds. The highest BCUT2D eigenvalue weighted by Gasteiger charge is 2.06. The predicted molar refractivity (Wildman–Crippen MR) is 86.1 cm³/mol. The van der Waals surface area contributed by atoms with Crippen LogP contribution >= 0.6 is 12.2 Å². The van der Waals surface area contributed by atoms with Crippen LogP contribution in [0.3, 0.4) is 0 Å². The average Bonchev–Trinajstić information content (AvgIpc) is 2.43. The molecule has 5 heteroatoms. The Morgan fingerprint density at radius 1 is 1.30 bits per heavy atom. The first-order valence-electron chi connectivity index (χ1n) is 6.85. The van der Waals surface area contributed by atoms with Crippen molar-refractivity contribution in [3.63, 3.8) is 0 Å². The number of esters is 1. The second kappa shape index (κ2) is 8.53. The Bertz CT molecular complexity index is 444. The fourth-order valence-electron chi connectivity index (χ4n) is 1.44. The van der Waals surface area contributed by atoms with Crippen molar-refractivity contribution in [2.45, 2.75) is 27.2 Å². The lowest BCUT2D eigenvalue weighted by Gasteiger charge is -2.12. The Kier molecular flexibility index (Phi) is 7.01. The van der Waals surface area contributed by atoms with Gasteiger partial charge < -0.3 is 15.4 Å². The molecule has 0 atom stereocenters. The lowest BCUT2D eigenvalue weighted by Crippen LogP contribution is -2.31. The molecule has 0 aliphatic carbocycles. The summed E-state index contributed by atoms with van der Waals surface area (Å²) in [7, 11) is 0. The van der Waals surface area contributed by atoms with E-state index in [1.54, 1.807) is 12.1 Å². The number of hydrogen-bond acceptors (Lipinski definition) is 3. The molecular formula is C15H22N2O2S. The first kappa shape index (κ1) is 16.4. The minimum absolute atomic E-state index is 0.293. The predicted octanol–water partition coefficient (Wildman–Crippen LogP) is 3.20. The van der Waals surface area contributed by atoms with Crippen molar-refractivity contribution < 1.29 is 9.53 Å². The monoisotopic (exact) mass is 294 g/mol. The molecule has 1 rings (SSSR count). The zero-order chi connectivity index (χ0) is 15.0. The first-order valence-corrected chi connectivity index (χ1v) is 7.25. The van der Waals surface area contributed by atoms with Gasteiger partial charge in [-0.15, -0.1) is 0 Å². The molecule has 4 nitrogen and oxygen atoms in total. The molecular weight excluding hydrogens is 272 g/mol. The van der Waals surface area contributed by atoms with Crippen LogP contribution in [0.5, 0.6) is 0 Å². The highest BCUT2D eigenvalue weighted by Crippen LogP contribution is 2.10. The van der Waals surface area contributed by atoms with Crippen molar-refractivity contribution in [2.75, 3.05) is 18.5 Å². The van der Waals surface area contributed by atoms with Crippen molar-refractivity contribution in [1.82, 2.24) is 5.32 Å². The van der Waals surface area contributed by atoms with E-state index in [1.165, 1.54) is 0 Å². The van der Waals surface area contributed by atoms with Crippen LogP contribution in [0, 0.1) is 5.92 Å². The molecule has 1 aromatic carbocycles. The van der Waals surface area contributed by atoms with Crippen LogP contribution in [0.2, 0.25) is 0 Å². The Morgan fingerprint density at radius 2 is 1.95 bits per heavy atom. The van der Waals surface area contributed by atoms with Crippen molar-refractivity contribution in [3.8, 4) is 0 Å². The fourth-order valence-corrected chi connectivity index (χ4v) is 1.64. The minimum atomic E-state index is -0.293. The number of benzene rings is 1. The van der Waals surface area contributed by atoms with Gasteiger partial charge >= 0.3 is 5.97 Å². The van der Waals surface area contributed by atoms with Gasteiger partial charge in [0.1, 0.15) is 0 Å². The molecule has 2 N–H and O–H groups in total. The van der Waals surface area contributed by atoms with E-state index in [9.17, 15) is 4.79 Å². The second-order valence-corrected chi connectivity index (χ2v) is 5.35. The Hall–Kier alpha value is -1.62. The van der Waals surface area contributed by atoms with Gasteiger partial charge in [-0.25, -0.2) is 4.79 Å². The van der Waals surface area contributed by atoms with Crippen LogP contribution < -0.4 is 10.6 Å². The molecule has 110 valence electrons. The van der Waals surface area contributed by atoms with Gasteiger partial charge in [-0.1, -0.05) is 20.8 Å². The quantitative estimate of drug-likeness (QED) is 0.623. The van der Waals surface area contributed by atoms with Crippen LogP contribution in [0.25, 0.3) is 0 Å². The van der Waals surface area contributed by atoms with Gasteiger partial charge in [0.05, 0.1) is 12.2 Å². The third-order valence-corrected chi connectivity index (χ3v) is 2.73. The van der Waals surface area contributed by atoms with Gasteiger partial charge in [0.25, 0.3) is 0 Å². The zero-order valence-corrected chi connectivity index (χ0v) is 13.0. The molecule has 0 saturated heterocycles. The van der Waals surface area contributed by atoms with E-state index >= 15 is 0 Å². The number of anilines is 1. The molecule has 0 spiro atoms. The lowest BCUT2D eigenvalue weighted by atomic mass is 10.2. The summed E-state index contributed by atoms with van der Waals surface area (Å²) in [6.07, 6.45) is 0.821. The van der Waals surface area contributed by atoms with Crippen molar-refractivity contribution >= 4 is 29.0 Å². The van der Waals surface area contributed by atoms with E-state index in [1.807, 2.05) is 19.1 Å². The highest BCUT2D eigenvalue weighted by molar-refractivity contribution is 7.80. The van der Waals surface area contributed by atoms with Crippen LogP contribution in [-0.4, -0.2) is 24.2 Å². The van der Waals surface area contributed by atoms with E-state index in [4.69, 9.17) is 17.0 Å². The molecule has 0 bridgehead atoms. The molecule has 0 fully saturated rings. The van der Waals surface area contributed by atoms with Gasteiger partial charge in [0.2, 0.25) is 0 Å². The van der Waals surface area contributed by atoms with Crippen molar-refractivity contribution in [1.29, 1.82) is 0 Å². The number of hydrogen-bond donors (Lipinski definition) is 2. The minimum Gasteiger partial charge on any atom is -0.462 e. The number of rotatable bonds is 6. The zero-order valence-electron chi connectivity index (χ0n) is 12.2. The maximum Gasteiger partial charge on any atom is 0.338 e. The maximum absolute atomic E-state index is 11.6. The topological polar surface area (TPSA) is 50.4 Å². The fraction of sp³-hybridized carbons (Fsp3) is 0.467. The maximum atomic E-state index is 11.6. The van der Waals surface area contributed by atoms with E-state index in [2.05, 4.69) is 24.5 Å². The second-order valence-electron chi connectivity index (χ2n) is 4.94. The van der Waals surface area contributed by atoms with Gasteiger partial charge in [-0.2, -0.15) is 0 Å². The Labute approximate surface area is 125 Å². The summed E-state index contributed by atoms with van der Waals surface area (Å²) in [4.78, 5) is 11.6. The van der Waals surface area contributed by atoms with E-state index in [0.717, 1.165) is 18.7 Å². The molecule has 0 aromatic heterocycles. The largest absolute Gasteiger partial charge is 0.462 e. The molecule has 1 aromatic rings.